The van der Waals surface area contributed by atoms with E-state index in [1.807, 2.05) is 0 Å². The van der Waals surface area contributed by atoms with E-state index in [1.165, 1.54) is 12.0 Å². The van der Waals surface area contributed by atoms with Gasteiger partial charge < -0.3 is 0 Å². The van der Waals surface area contributed by atoms with E-state index in [-0.39, 0.29) is 0 Å². The molecule has 0 bridgehead atoms. The van der Waals surface area contributed by atoms with Gasteiger partial charge in [-0.2, -0.15) is 5.26 Å². The maximum atomic E-state index is 8.49. The van der Waals surface area contributed by atoms with E-state index in [0.29, 0.717) is 11.3 Å². The first-order chi connectivity index (χ1) is 5.05. The molecule has 0 aromatic heterocycles. The summed E-state index contributed by atoms with van der Waals surface area (Å²) in [6, 6.07) is 2.12. The zero-order chi connectivity index (χ0) is 8.48. The van der Waals surface area contributed by atoms with Crippen molar-refractivity contribution in [1.29, 1.82) is 5.26 Å². The first-order valence-corrected chi connectivity index (χ1v) is 4.14. The summed E-state index contributed by atoms with van der Waals surface area (Å²) >= 11 is 0. The molecule has 0 saturated heterocycles. The third-order valence-corrected chi connectivity index (χ3v) is 2.42. The molecule has 0 aromatic carbocycles. The summed E-state index contributed by atoms with van der Waals surface area (Å²) in [5.74, 6) is 0.615. The molecule has 1 unspecified atom stereocenters. The molecular weight excluding hydrogens is 134 g/mol. The second-order valence-electron chi connectivity index (χ2n) is 4.29. The van der Waals surface area contributed by atoms with Gasteiger partial charge in [-0.05, 0) is 24.2 Å². The minimum absolute atomic E-state index is 0.419. The lowest BCUT2D eigenvalue weighted by Gasteiger charge is -2.14. The SMILES string of the molecule is CC1CC(C)(C)C/C1=C\C#N. The molecule has 11 heavy (non-hydrogen) atoms. The van der Waals surface area contributed by atoms with E-state index in [0.717, 1.165) is 6.42 Å². The Labute approximate surface area is 68.7 Å². The van der Waals surface area contributed by atoms with Crippen molar-refractivity contribution >= 4 is 0 Å². The normalized spacial score (nSPS) is 32.2. The summed E-state index contributed by atoms with van der Waals surface area (Å²) in [7, 11) is 0. The average molecular weight is 149 g/mol. The van der Waals surface area contributed by atoms with Gasteiger partial charge in [0.1, 0.15) is 0 Å². The zero-order valence-corrected chi connectivity index (χ0v) is 7.52. The molecule has 0 heterocycles. The van der Waals surface area contributed by atoms with Crippen LogP contribution in [0.4, 0.5) is 0 Å². The molecule has 1 atom stereocenters. The Morgan fingerprint density at radius 2 is 2.27 bits per heavy atom. The molecule has 0 aromatic rings. The van der Waals surface area contributed by atoms with Gasteiger partial charge >= 0.3 is 0 Å². The lowest BCUT2D eigenvalue weighted by molar-refractivity contribution is 0.367. The van der Waals surface area contributed by atoms with Gasteiger partial charge in [0.05, 0.1) is 6.07 Å². The molecule has 60 valence electrons. The van der Waals surface area contributed by atoms with Gasteiger partial charge in [-0.15, -0.1) is 0 Å². The number of hydrogen-bond acceptors (Lipinski definition) is 1. The zero-order valence-electron chi connectivity index (χ0n) is 7.52. The second-order valence-corrected chi connectivity index (χ2v) is 4.29. The minimum atomic E-state index is 0.419. The van der Waals surface area contributed by atoms with Gasteiger partial charge in [-0.3, -0.25) is 0 Å². The van der Waals surface area contributed by atoms with Crippen molar-refractivity contribution in [3.05, 3.63) is 11.6 Å². The van der Waals surface area contributed by atoms with Crippen LogP contribution in [0.1, 0.15) is 33.6 Å². The molecule has 1 saturated carbocycles. The summed E-state index contributed by atoms with van der Waals surface area (Å²) in [4.78, 5) is 0. The Hall–Kier alpha value is -0.770. The molecule has 1 rings (SSSR count). The van der Waals surface area contributed by atoms with E-state index < -0.39 is 0 Å². The lowest BCUT2D eigenvalue weighted by Crippen LogP contribution is -2.03. The van der Waals surface area contributed by atoms with Gasteiger partial charge in [-0.25, -0.2) is 0 Å². The predicted molar refractivity (Wildman–Crippen MR) is 45.9 cm³/mol. The summed E-state index contributed by atoms with van der Waals surface area (Å²) < 4.78 is 0. The van der Waals surface area contributed by atoms with Crippen LogP contribution in [0.5, 0.6) is 0 Å². The Bertz CT molecular complexity index is 218. The Balaban J connectivity index is 2.76. The summed E-state index contributed by atoms with van der Waals surface area (Å²) in [6.45, 7) is 6.74. The Morgan fingerprint density at radius 1 is 1.64 bits per heavy atom. The van der Waals surface area contributed by atoms with Crippen molar-refractivity contribution in [1.82, 2.24) is 0 Å². The van der Waals surface area contributed by atoms with Crippen LogP contribution >= 0.6 is 0 Å². The van der Waals surface area contributed by atoms with Crippen molar-refractivity contribution in [2.75, 3.05) is 0 Å². The fourth-order valence-electron chi connectivity index (χ4n) is 2.04. The molecule has 0 amide bonds. The topological polar surface area (TPSA) is 23.8 Å². The van der Waals surface area contributed by atoms with Gasteiger partial charge in [0, 0.05) is 6.08 Å². The van der Waals surface area contributed by atoms with Crippen LogP contribution in [0, 0.1) is 22.7 Å². The number of nitriles is 1. The van der Waals surface area contributed by atoms with Gasteiger partial charge in [-0.1, -0.05) is 26.3 Å². The first kappa shape index (κ1) is 8.33. The quantitative estimate of drug-likeness (QED) is 0.486. The Morgan fingerprint density at radius 3 is 2.64 bits per heavy atom. The molecule has 0 aliphatic heterocycles. The van der Waals surface area contributed by atoms with Crippen molar-refractivity contribution in [2.45, 2.75) is 33.6 Å². The van der Waals surface area contributed by atoms with Crippen LogP contribution < -0.4 is 0 Å². The van der Waals surface area contributed by atoms with Gasteiger partial charge in [0.2, 0.25) is 0 Å². The largest absolute Gasteiger partial charge is 0.193 e. The molecule has 0 spiro atoms. The van der Waals surface area contributed by atoms with Crippen molar-refractivity contribution < 1.29 is 0 Å². The predicted octanol–water partition coefficient (Wildman–Crippen LogP) is 2.89. The third-order valence-electron chi connectivity index (χ3n) is 2.42. The van der Waals surface area contributed by atoms with Crippen molar-refractivity contribution in [3.63, 3.8) is 0 Å². The summed E-state index contributed by atoms with van der Waals surface area (Å²) in [5.41, 5.74) is 1.75. The molecular formula is C10H15N. The van der Waals surface area contributed by atoms with E-state index in [1.54, 1.807) is 6.08 Å². The highest BCUT2D eigenvalue weighted by Crippen LogP contribution is 2.44. The maximum absolute atomic E-state index is 8.49. The molecule has 1 heteroatoms. The summed E-state index contributed by atoms with van der Waals surface area (Å²) in [6.07, 6.45) is 4.04. The van der Waals surface area contributed by atoms with E-state index in [2.05, 4.69) is 26.8 Å². The van der Waals surface area contributed by atoms with Crippen molar-refractivity contribution in [3.8, 4) is 6.07 Å². The van der Waals surface area contributed by atoms with Crippen LogP contribution in [-0.4, -0.2) is 0 Å². The van der Waals surface area contributed by atoms with Crippen LogP contribution in [0.25, 0.3) is 0 Å². The standard InChI is InChI=1S/C10H15N/c1-8-6-10(2,3)7-9(8)4-5-11/h4,8H,6-7H2,1-3H3/b9-4+. The third kappa shape index (κ3) is 1.83. The molecule has 0 N–H and O–H groups in total. The Kier molecular flexibility index (Phi) is 2.04. The van der Waals surface area contributed by atoms with Crippen LogP contribution in [-0.2, 0) is 0 Å². The summed E-state index contributed by atoms with van der Waals surface area (Å²) in [5, 5.41) is 8.49. The van der Waals surface area contributed by atoms with E-state index in [9.17, 15) is 0 Å². The number of rotatable bonds is 0. The molecule has 1 aliphatic rings. The van der Waals surface area contributed by atoms with Crippen LogP contribution in [0.15, 0.2) is 11.6 Å². The number of hydrogen-bond donors (Lipinski definition) is 0. The monoisotopic (exact) mass is 149 g/mol. The molecule has 1 aliphatic carbocycles. The van der Waals surface area contributed by atoms with Crippen molar-refractivity contribution in [2.24, 2.45) is 11.3 Å². The highest BCUT2D eigenvalue weighted by molar-refractivity contribution is 5.21. The second kappa shape index (κ2) is 2.70. The molecule has 1 nitrogen and oxygen atoms in total. The van der Waals surface area contributed by atoms with E-state index in [4.69, 9.17) is 5.26 Å². The highest BCUT2D eigenvalue weighted by Gasteiger charge is 2.31. The lowest BCUT2D eigenvalue weighted by atomic mass is 9.91. The fourth-order valence-corrected chi connectivity index (χ4v) is 2.04. The van der Waals surface area contributed by atoms with E-state index >= 15 is 0 Å². The van der Waals surface area contributed by atoms with Crippen LogP contribution in [0.2, 0.25) is 0 Å². The maximum Gasteiger partial charge on any atom is 0.0911 e. The fraction of sp³-hybridized carbons (Fsp3) is 0.700. The van der Waals surface area contributed by atoms with Crippen LogP contribution in [0.3, 0.4) is 0 Å². The average Bonchev–Trinajstić information content (AvgIpc) is 2.07. The smallest absolute Gasteiger partial charge is 0.0911 e. The number of allylic oxidation sites excluding steroid dienone is 2. The highest BCUT2D eigenvalue weighted by atomic mass is 14.4. The van der Waals surface area contributed by atoms with Gasteiger partial charge in [0.15, 0.2) is 0 Å². The molecule has 1 fully saturated rings. The van der Waals surface area contributed by atoms with Gasteiger partial charge in [0.25, 0.3) is 0 Å². The minimum Gasteiger partial charge on any atom is -0.193 e. The first-order valence-electron chi connectivity index (χ1n) is 4.14. The number of nitrogens with zero attached hydrogens (tertiary/aromatic N) is 1. The molecule has 0 radical (unpaired) electrons.